The van der Waals surface area contributed by atoms with Gasteiger partial charge in [0.15, 0.2) is 0 Å². The van der Waals surface area contributed by atoms with Crippen LogP contribution in [0.5, 0.6) is 0 Å². The molecule has 0 unspecified atom stereocenters. The number of aromatic nitrogens is 2. The van der Waals surface area contributed by atoms with Gasteiger partial charge in [-0.2, -0.15) is 0 Å². The summed E-state index contributed by atoms with van der Waals surface area (Å²) in [5.41, 5.74) is 0. The molecule has 2 aromatic heterocycles. The summed E-state index contributed by atoms with van der Waals surface area (Å²) in [6.07, 6.45) is 7.62. The molecule has 2 nitrogen and oxygen atoms in total. The van der Waals surface area contributed by atoms with Crippen molar-refractivity contribution < 1.29 is 8.47 Å². The molecule has 0 atom stereocenters. The van der Waals surface area contributed by atoms with E-state index in [1.807, 2.05) is 69.7 Å². The molecule has 0 aliphatic carbocycles. The summed E-state index contributed by atoms with van der Waals surface area (Å²) in [6.45, 7) is 0. The summed E-state index contributed by atoms with van der Waals surface area (Å²) in [6, 6.07) is 11.6. The predicted molar refractivity (Wildman–Crippen MR) is 64.3 cm³/mol. The SMILES string of the molecule is Cl[SiH2-2](Cl)([n+]1ccccc1)[n+]1ccccc1. The van der Waals surface area contributed by atoms with E-state index in [1.54, 1.807) is 0 Å². The third-order valence-corrected chi connectivity index (χ3v) is 8.35. The van der Waals surface area contributed by atoms with Crippen LogP contribution in [-0.2, 0) is 0 Å². The third kappa shape index (κ3) is 2.20. The summed E-state index contributed by atoms with van der Waals surface area (Å²) in [4.78, 5) is 0. The molecule has 0 aliphatic rings. The molecule has 0 amide bonds. The van der Waals surface area contributed by atoms with Gasteiger partial charge in [-0.05, 0) is 0 Å². The van der Waals surface area contributed by atoms with Gasteiger partial charge in [-0.3, -0.25) is 0 Å². The summed E-state index contributed by atoms with van der Waals surface area (Å²) >= 11 is 12.9. The van der Waals surface area contributed by atoms with Crippen LogP contribution in [0.3, 0.4) is 0 Å². The van der Waals surface area contributed by atoms with Crippen LogP contribution in [0.1, 0.15) is 0 Å². The first-order chi connectivity index (χ1) is 7.21. The van der Waals surface area contributed by atoms with Crippen molar-refractivity contribution in [3.05, 3.63) is 61.2 Å². The molecule has 0 radical (unpaired) electrons. The quantitative estimate of drug-likeness (QED) is 0.562. The zero-order valence-corrected chi connectivity index (χ0v) is 11.1. The van der Waals surface area contributed by atoms with Gasteiger partial charge in [0, 0.05) is 0 Å². The number of nitrogens with zero attached hydrogens (tertiary/aromatic N) is 2. The van der Waals surface area contributed by atoms with Crippen molar-refractivity contribution in [2.75, 3.05) is 0 Å². The fourth-order valence-electron chi connectivity index (χ4n) is 1.56. The van der Waals surface area contributed by atoms with Crippen molar-refractivity contribution in [2.24, 2.45) is 0 Å². The summed E-state index contributed by atoms with van der Waals surface area (Å²) in [7, 11) is -3.29. The maximum atomic E-state index is 6.47. The molecule has 2 heterocycles. The summed E-state index contributed by atoms with van der Waals surface area (Å²) in [5, 5.41) is 0. The van der Waals surface area contributed by atoms with Gasteiger partial charge in [0.2, 0.25) is 0 Å². The molecule has 0 aromatic carbocycles. The van der Waals surface area contributed by atoms with Crippen LogP contribution in [0.4, 0.5) is 0 Å². The van der Waals surface area contributed by atoms with E-state index in [9.17, 15) is 0 Å². The van der Waals surface area contributed by atoms with E-state index in [2.05, 4.69) is 0 Å². The summed E-state index contributed by atoms with van der Waals surface area (Å²) in [5.74, 6) is 0. The first kappa shape index (κ1) is 10.6. The molecule has 80 valence electrons. The molecular weight excluding hydrogens is 247 g/mol. The Kier molecular flexibility index (Phi) is 3.05. The molecular formula is C10H12Cl2N2Si. The van der Waals surface area contributed by atoms with Gasteiger partial charge < -0.3 is 0 Å². The van der Waals surface area contributed by atoms with E-state index in [4.69, 9.17) is 22.2 Å². The number of pyridine rings is 2. The normalized spacial score (nSPS) is 12.4. The van der Waals surface area contributed by atoms with Crippen LogP contribution in [-0.4, -0.2) is 7.02 Å². The topological polar surface area (TPSA) is 7.76 Å². The second-order valence-corrected chi connectivity index (χ2v) is 11.7. The van der Waals surface area contributed by atoms with Crippen LogP contribution in [0.2, 0.25) is 0 Å². The molecule has 0 N–H and O–H groups in total. The Labute approximate surface area is 98.9 Å². The number of halogens is 2. The molecule has 0 spiro atoms. The van der Waals surface area contributed by atoms with E-state index in [-0.39, 0.29) is 0 Å². The molecule has 0 fully saturated rings. The zero-order valence-electron chi connectivity index (χ0n) is 8.13. The van der Waals surface area contributed by atoms with Gasteiger partial charge in [0.1, 0.15) is 0 Å². The molecule has 0 saturated carbocycles. The average molecular weight is 259 g/mol. The Morgan fingerprint density at radius 2 is 0.933 bits per heavy atom. The molecule has 0 saturated heterocycles. The van der Waals surface area contributed by atoms with Crippen LogP contribution in [0, 0.1) is 0 Å². The van der Waals surface area contributed by atoms with Crippen LogP contribution in [0.15, 0.2) is 61.2 Å². The minimum absolute atomic E-state index is 1.91. The Hall–Kier alpha value is -0.903. The fourth-order valence-corrected chi connectivity index (χ4v) is 5.36. The maximum absolute atomic E-state index is 6.47. The zero-order chi connectivity index (χ0) is 10.7. The van der Waals surface area contributed by atoms with E-state index in [0.29, 0.717) is 0 Å². The van der Waals surface area contributed by atoms with Gasteiger partial charge in [-0.15, -0.1) is 0 Å². The van der Waals surface area contributed by atoms with Crippen molar-refractivity contribution in [1.29, 1.82) is 0 Å². The number of hydrogen-bond donors (Lipinski definition) is 0. The molecule has 2 rings (SSSR count). The van der Waals surface area contributed by atoms with Crippen LogP contribution >= 0.6 is 22.2 Å². The molecule has 0 aliphatic heterocycles. The Morgan fingerprint density at radius 3 is 1.27 bits per heavy atom. The van der Waals surface area contributed by atoms with Crippen molar-refractivity contribution in [1.82, 2.24) is 0 Å². The third-order valence-electron chi connectivity index (χ3n) is 2.43. The Morgan fingerprint density at radius 1 is 0.600 bits per heavy atom. The van der Waals surface area contributed by atoms with Gasteiger partial charge in [0.05, 0.1) is 0 Å². The van der Waals surface area contributed by atoms with Crippen LogP contribution < -0.4 is 8.47 Å². The standard InChI is InChI=1S/C10H12Cl2N2Si/c11-15(12,13-7-3-1-4-8-13)14-9-5-2-6-10-14/h1-10H,15H2. The van der Waals surface area contributed by atoms with E-state index >= 15 is 0 Å². The Balaban J connectivity index is 2.44. The van der Waals surface area contributed by atoms with E-state index < -0.39 is 7.02 Å². The predicted octanol–water partition coefficient (Wildman–Crippen LogP) is 1.04. The average Bonchev–Trinajstić information content (AvgIpc) is 2.31. The van der Waals surface area contributed by atoms with Gasteiger partial charge >= 0.3 is 98.8 Å². The molecule has 0 bridgehead atoms. The number of hydrogen-bond acceptors (Lipinski definition) is 0. The van der Waals surface area contributed by atoms with Crippen LogP contribution in [0.25, 0.3) is 0 Å². The fraction of sp³-hybridized carbons (Fsp3) is 0. The van der Waals surface area contributed by atoms with Gasteiger partial charge in [-0.1, -0.05) is 0 Å². The summed E-state index contributed by atoms with van der Waals surface area (Å²) < 4.78 is 3.83. The Bertz CT molecular complexity index is 392. The van der Waals surface area contributed by atoms with E-state index in [0.717, 1.165) is 0 Å². The molecule has 2 aromatic rings. The molecule has 15 heavy (non-hydrogen) atoms. The monoisotopic (exact) mass is 258 g/mol. The number of rotatable bonds is 2. The van der Waals surface area contributed by atoms with Gasteiger partial charge in [0.25, 0.3) is 0 Å². The first-order valence-corrected chi connectivity index (χ1v) is 10.4. The minimum atomic E-state index is -3.29. The van der Waals surface area contributed by atoms with Crippen molar-refractivity contribution in [3.8, 4) is 0 Å². The van der Waals surface area contributed by atoms with Gasteiger partial charge in [-0.25, -0.2) is 0 Å². The molecule has 5 heteroatoms. The van der Waals surface area contributed by atoms with Crippen molar-refractivity contribution in [2.45, 2.75) is 0 Å². The first-order valence-electron chi connectivity index (χ1n) is 4.87. The van der Waals surface area contributed by atoms with E-state index in [1.165, 1.54) is 0 Å². The van der Waals surface area contributed by atoms with Crippen molar-refractivity contribution in [3.63, 3.8) is 0 Å². The van der Waals surface area contributed by atoms with Crippen molar-refractivity contribution >= 4 is 29.2 Å². The second kappa shape index (κ2) is 4.31. The second-order valence-electron chi connectivity index (χ2n) is 3.50.